The topological polar surface area (TPSA) is 74.6 Å². The maximum atomic E-state index is 11.2. The van der Waals surface area contributed by atoms with Crippen LogP contribution >= 0.6 is 15.9 Å². The number of hydrogen-bond acceptors (Lipinski definition) is 2. The van der Waals surface area contributed by atoms with Gasteiger partial charge < -0.3 is 10.2 Å². The van der Waals surface area contributed by atoms with Gasteiger partial charge in [-0.25, -0.2) is 9.59 Å². The highest BCUT2D eigenvalue weighted by Crippen LogP contribution is 2.32. The molecule has 1 aliphatic carbocycles. The SMILES string of the molecule is O=C(O)c1cc(Br)c(C(=O)O)c2c1C=CCC2. The molecule has 1 aliphatic rings. The molecule has 4 nitrogen and oxygen atoms in total. The minimum Gasteiger partial charge on any atom is -0.478 e. The monoisotopic (exact) mass is 296 g/mol. The smallest absolute Gasteiger partial charge is 0.337 e. The molecule has 0 atom stereocenters. The van der Waals surface area contributed by atoms with E-state index < -0.39 is 11.9 Å². The lowest BCUT2D eigenvalue weighted by atomic mass is 9.89. The van der Waals surface area contributed by atoms with E-state index in [0.717, 1.165) is 6.42 Å². The Labute approximate surface area is 106 Å². The van der Waals surface area contributed by atoms with Crippen LogP contribution in [0.25, 0.3) is 6.08 Å². The van der Waals surface area contributed by atoms with E-state index >= 15 is 0 Å². The molecule has 0 bridgehead atoms. The highest BCUT2D eigenvalue weighted by Gasteiger charge is 2.23. The van der Waals surface area contributed by atoms with Crippen molar-refractivity contribution in [3.05, 3.63) is 38.9 Å². The molecule has 0 radical (unpaired) electrons. The summed E-state index contributed by atoms with van der Waals surface area (Å²) in [5.41, 5.74) is 1.39. The van der Waals surface area contributed by atoms with Crippen molar-refractivity contribution in [1.29, 1.82) is 0 Å². The molecule has 5 heteroatoms. The van der Waals surface area contributed by atoms with E-state index in [1.54, 1.807) is 6.08 Å². The lowest BCUT2D eigenvalue weighted by Crippen LogP contribution is -2.12. The molecule has 0 heterocycles. The third-order valence-corrected chi connectivity index (χ3v) is 3.34. The highest BCUT2D eigenvalue weighted by atomic mass is 79.9. The summed E-state index contributed by atoms with van der Waals surface area (Å²) >= 11 is 3.13. The van der Waals surface area contributed by atoms with Crippen molar-refractivity contribution in [1.82, 2.24) is 0 Å². The Balaban J connectivity index is 2.80. The lowest BCUT2D eigenvalue weighted by Gasteiger charge is -2.17. The fourth-order valence-corrected chi connectivity index (χ4v) is 2.64. The van der Waals surface area contributed by atoms with Gasteiger partial charge in [-0.05, 0) is 46.0 Å². The number of carbonyl (C=O) groups is 2. The zero-order chi connectivity index (χ0) is 12.6. The number of fused-ring (bicyclic) bond motifs is 1. The van der Waals surface area contributed by atoms with Gasteiger partial charge in [-0.1, -0.05) is 12.2 Å². The van der Waals surface area contributed by atoms with Crippen LogP contribution in [-0.2, 0) is 6.42 Å². The number of rotatable bonds is 2. The Hall–Kier alpha value is -1.62. The van der Waals surface area contributed by atoms with Gasteiger partial charge in [-0.3, -0.25) is 0 Å². The largest absolute Gasteiger partial charge is 0.478 e. The van der Waals surface area contributed by atoms with Crippen LogP contribution in [-0.4, -0.2) is 22.2 Å². The Kier molecular flexibility index (Phi) is 3.02. The summed E-state index contributed by atoms with van der Waals surface area (Å²) in [4.78, 5) is 22.3. The van der Waals surface area contributed by atoms with Crippen LogP contribution in [0.2, 0.25) is 0 Å². The van der Waals surface area contributed by atoms with Gasteiger partial charge >= 0.3 is 11.9 Å². The van der Waals surface area contributed by atoms with Crippen molar-refractivity contribution in [3.8, 4) is 0 Å². The normalized spacial score (nSPS) is 13.2. The van der Waals surface area contributed by atoms with Crippen LogP contribution in [0.1, 0.15) is 38.3 Å². The first-order chi connectivity index (χ1) is 8.02. The first kappa shape index (κ1) is 11.9. The van der Waals surface area contributed by atoms with Gasteiger partial charge in [0.1, 0.15) is 0 Å². The summed E-state index contributed by atoms with van der Waals surface area (Å²) in [5.74, 6) is -2.09. The molecule has 0 saturated carbocycles. The quantitative estimate of drug-likeness (QED) is 0.880. The maximum absolute atomic E-state index is 11.2. The van der Waals surface area contributed by atoms with Crippen molar-refractivity contribution >= 4 is 33.9 Å². The summed E-state index contributed by atoms with van der Waals surface area (Å²) in [6, 6.07) is 1.35. The van der Waals surface area contributed by atoms with Crippen molar-refractivity contribution in [2.45, 2.75) is 12.8 Å². The van der Waals surface area contributed by atoms with Crippen molar-refractivity contribution in [2.75, 3.05) is 0 Å². The van der Waals surface area contributed by atoms with Crippen LogP contribution < -0.4 is 0 Å². The summed E-state index contributed by atoms with van der Waals surface area (Å²) in [5, 5.41) is 18.2. The number of hydrogen-bond donors (Lipinski definition) is 2. The molecule has 0 aromatic heterocycles. The molecule has 0 unspecified atom stereocenters. The van der Waals surface area contributed by atoms with Gasteiger partial charge in [0.2, 0.25) is 0 Å². The summed E-state index contributed by atoms with van der Waals surface area (Å²) in [6.07, 6.45) is 4.81. The average molecular weight is 297 g/mol. The Morgan fingerprint density at radius 1 is 1.24 bits per heavy atom. The van der Waals surface area contributed by atoms with E-state index in [1.807, 2.05) is 6.08 Å². The number of allylic oxidation sites excluding steroid dienone is 1. The molecule has 0 aliphatic heterocycles. The van der Waals surface area contributed by atoms with Gasteiger partial charge in [0.05, 0.1) is 11.1 Å². The molecule has 88 valence electrons. The number of aromatic carboxylic acids is 2. The average Bonchev–Trinajstić information content (AvgIpc) is 2.27. The van der Waals surface area contributed by atoms with Crippen LogP contribution in [0.5, 0.6) is 0 Å². The van der Waals surface area contributed by atoms with E-state index in [2.05, 4.69) is 15.9 Å². The molecule has 0 amide bonds. The molecule has 2 rings (SSSR count). The molecule has 2 N–H and O–H groups in total. The highest BCUT2D eigenvalue weighted by molar-refractivity contribution is 9.10. The Bertz CT molecular complexity index is 546. The van der Waals surface area contributed by atoms with Gasteiger partial charge in [0.15, 0.2) is 0 Å². The molecular formula is C12H9BrO4. The van der Waals surface area contributed by atoms with E-state index in [9.17, 15) is 9.59 Å². The Morgan fingerprint density at radius 2 is 1.94 bits per heavy atom. The summed E-state index contributed by atoms with van der Waals surface area (Å²) in [6.45, 7) is 0. The molecule has 1 aromatic rings. The minimum absolute atomic E-state index is 0.132. The van der Waals surface area contributed by atoms with E-state index in [0.29, 0.717) is 22.0 Å². The second-order valence-electron chi connectivity index (χ2n) is 3.72. The third kappa shape index (κ3) is 1.98. The van der Waals surface area contributed by atoms with Crippen LogP contribution in [0.4, 0.5) is 0 Å². The van der Waals surface area contributed by atoms with Gasteiger partial charge in [0, 0.05) is 4.47 Å². The predicted molar refractivity (Wildman–Crippen MR) is 65.4 cm³/mol. The van der Waals surface area contributed by atoms with Gasteiger partial charge in [0.25, 0.3) is 0 Å². The first-order valence-corrected chi connectivity index (χ1v) is 5.80. The van der Waals surface area contributed by atoms with E-state index in [1.165, 1.54) is 6.07 Å². The van der Waals surface area contributed by atoms with Gasteiger partial charge in [-0.2, -0.15) is 0 Å². The van der Waals surface area contributed by atoms with E-state index in [-0.39, 0.29) is 11.1 Å². The number of benzene rings is 1. The summed E-state index contributed by atoms with van der Waals surface area (Å²) < 4.78 is 0.316. The van der Waals surface area contributed by atoms with Crippen LogP contribution in [0.15, 0.2) is 16.6 Å². The van der Waals surface area contributed by atoms with Crippen molar-refractivity contribution in [3.63, 3.8) is 0 Å². The molecular weight excluding hydrogens is 288 g/mol. The van der Waals surface area contributed by atoms with Crippen LogP contribution in [0.3, 0.4) is 0 Å². The van der Waals surface area contributed by atoms with Crippen LogP contribution in [0, 0.1) is 0 Å². The summed E-state index contributed by atoms with van der Waals surface area (Å²) in [7, 11) is 0. The maximum Gasteiger partial charge on any atom is 0.337 e. The lowest BCUT2D eigenvalue weighted by molar-refractivity contribution is 0.0679. The first-order valence-electron chi connectivity index (χ1n) is 5.01. The molecule has 0 spiro atoms. The zero-order valence-corrected chi connectivity index (χ0v) is 10.3. The molecule has 17 heavy (non-hydrogen) atoms. The fraction of sp³-hybridized carbons (Fsp3) is 0.167. The minimum atomic E-state index is -1.05. The van der Waals surface area contributed by atoms with E-state index in [4.69, 9.17) is 10.2 Å². The standard InChI is InChI=1S/C12H9BrO4/c13-9-5-8(11(14)15)6-3-1-2-4-7(6)10(9)12(16)17/h1,3,5H,2,4H2,(H,14,15)(H,16,17). The van der Waals surface area contributed by atoms with Crippen molar-refractivity contribution < 1.29 is 19.8 Å². The van der Waals surface area contributed by atoms with Gasteiger partial charge in [-0.15, -0.1) is 0 Å². The Morgan fingerprint density at radius 3 is 2.53 bits per heavy atom. The fourth-order valence-electron chi connectivity index (χ4n) is 2.01. The number of carboxylic acid groups (broad SMARTS) is 2. The number of halogens is 1. The second-order valence-corrected chi connectivity index (χ2v) is 4.58. The third-order valence-electron chi connectivity index (χ3n) is 2.72. The molecule has 0 fully saturated rings. The van der Waals surface area contributed by atoms with Crippen molar-refractivity contribution in [2.24, 2.45) is 0 Å². The zero-order valence-electron chi connectivity index (χ0n) is 8.74. The molecule has 1 aromatic carbocycles. The number of carboxylic acids is 2. The molecule has 0 saturated heterocycles. The predicted octanol–water partition coefficient (Wildman–Crippen LogP) is 2.80. The second kappa shape index (κ2) is 4.33.